The highest BCUT2D eigenvalue weighted by molar-refractivity contribution is 5.91. The molecule has 5 nitrogen and oxygen atoms in total. The molecular weight excluding hydrogens is 359 g/mol. The van der Waals surface area contributed by atoms with E-state index in [0.29, 0.717) is 24.1 Å². The van der Waals surface area contributed by atoms with Crippen molar-refractivity contribution in [2.75, 3.05) is 19.6 Å². The summed E-state index contributed by atoms with van der Waals surface area (Å²) in [6.07, 6.45) is 3.85. The van der Waals surface area contributed by atoms with Gasteiger partial charge in [0.25, 0.3) is 5.91 Å². The van der Waals surface area contributed by atoms with Crippen molar-refractivity contribution in [3.8, 4) is 0 Å². The number of hydrogen-bond acceptors (Lipinski definition) is 4. The molecule has 0 saturated carbocycles. The van der Waals surface area contributed by atoms with Crippen molar-refractivity contribution in [3.05, 3.63) is 59.3 Å². The number of amides is 1. The fourth-order valence-electron chi connectivity index (χ4n) is 5.44. The van der Waals surface area contributed by atoms with Crippen molar-refractivity contribution in [2.45, 2.75) is 38.0 Å². The highest BCUT2D eigenvalue weighted by Gasteiger charge is 2.62. The van der Waals surface area contributed by atoms with Crippen molar-refractivity contribution < 1.29 is 18.3 Å². The molecule has 1 amide bonds. The molecule has 1 spiro atoms. The van der Waals surface area contributed by atoms with Crippen LogP contribution in [0.15, 0.2) is 41.0 Å². The zero-order chi connectivity index (χ0) is 19.3. The van der Waals surface area contributed by atoms with E-state index in [1.54, 1.807) is 18.2 Å². The maximum absolute atomic E-state index is 13.7. The molecule has 0 aliphatic carbocycles. The maximum atomic E-state index is 13.7. The molecule has 28 heavy (non-hydrogen) atoms. The Balaban J connectivity index is 1.27. The molecule has 3 aliphatic heterocycles. The third-order valence-electron chi connectivity index (χ3n) is 6.80. The van der Waals surface area contributed by atoms with E-state index in [2.05, 4.69) is 10.2 Å². The summed E-state index contributed by atoms with van der Waals surface area (Å²) in [5, 5.41) is 3.02. The van der Waals surface area contributed by atoms with Gasteiger partial charge >= 0.3 is 0 Å². The zero-order valence-corrected chi connectivity index (χ0v) is 16.0. The van der Waals surface area contributed by atoms with Gasteiger partial charge in [-0.15, -0.1) is 0 Å². The molecule has 148 valence electrons. The Morgan fingerprint density at radius 3 is 3.11 bits per heavy atom. The molecule has 4 atom stereocenters. The molecule has 4 heterocycles. The van der Waals surface area contributed by atoms with Gasteiger partial charge in [-0.1, -0.05) is 6.07 Å². The van der Waals surface area contributed by atoms with Crippen LogP contribution < -0.4 is 5.32 Å². The minimum atomic E-state index is -0.186. The largest absolute Gasteiger partial charge is 0.459 e. The van der Waals surface area contributed by atoms with Gasteiger partial charge in [0.1, 0.15) is 5.82 Å². The second kappa shape index (κ2) is 6.71. The number of halogens is 1. The number of fused-ring (bicyclic) bond motifs is 1. The molecule has 1 N–H and O–H groups in total. The lowest BCUT2D eigenvalue weighted by Crippen LogP contribution is -2.41. The second-order valence-electron chi connectivity index (χ2n) is 8.46. The van der Waals surface area contributed by atoms with Gasteiger partial charge in [-0.2, -0.15) is 0 Å². The first-order valence-corrected chi connectivity index (χ1v) is 10.0. The van der Waals surface area contributed by atoms with E-state index in [-0.39, 0.29) is 23.4 Å². The third kappa shape index (κ3) is 2.95. The first-order valence-electron chi connectivity index (χ1n) is 10.0. The normalized spacial score (nSPS) is 31.3. The minimum absolute atomic E-state index is 0.105. The molecule has 3 aliphatic rings. The monoisotopic (exact) mass is 384 g/mol. The Labute approximate surface area is 163 Å². The van der Waals surface area contributed by atoms with Gasteiger partial charge in [-0.05, 0) is 55.2 Å². The summed E-state index contributed by atoms with van der Waals surface area (Å²) < 4.78 is 25.3. The van der Waals surface area contributed by atoms with Crippen molar-refractivity contribution in [3.63, 3.8) is 0 Å². The molecule has 0 unspecified atom stereocenters. The van der Waals surface area contributed by atoms with E-state index in [1.165, 1.54) is 12.3 Å². The van der Waals surface area contributed by atoms with Gasteiger partial charge in [0.15, 0.2) is 5.76 Å². The fourth-order valence-corrected chi connectivity index (χ4v) is 5.44. The minimum Gasteiger partial charge on any atom is -0.459 e. The number of likely N-dealkylation sites (tertiary alicyclic amines) is 1. The number of furan rings is 1. The summed E-state index contributed by atoms with van der Waals surface area (Å²) in [4.78, 5) is 14.6. The Morgan fingerprint density at radius 2 is 2.29 bits per heavy atom. The topological polar surface area (TPSA) is 54.7 Å². The molecule has 2 aromatic rings. The van der Waals surface area contributed by atoms with Gasteiger partial charge in [0.2, 0.25) is 0 Å². The van der Waals surface area contributed by atoms with Crippen LogP contribution in [0.2, 0.25) is 0 Å². The van der Waals surface area contributed by atoms with Gasteiger partial charge in [-0.25, -0.2) is 4.39 Å². The second-order valence-corrected chi connectivity index (χ2v) is 8.46. The predicted molar refractivity (Wildman–Crippen MR) is 101 cm³/mol. The average molecular weight is 384 g/mol. The van der Waals surface area contributed by atoms with E-state index in [0.717, 1.165) is 43.6 Å². The van der Waals surface area contributed by atoms with Crippen LogP contribution in [-0.4, -0.2) is 42.1 Å². The van der Waals surface area contributed by atoms with Crippen LogP contribution >= 0.6 is 0 Å². The Hall–Kier alpha value is -2.18. The molecular formula is C22H25FN2O3. The van der Waals surface area contributed by atoms with Crippen molar-refractivity contribution in [1.82, 2.24) is 10.2 Å². The molecule has 5 rings (SSSR count). The summed E-state index contributed by atoms with van der Waals surface area (Å²) in [6, 6.07) is 8.38. The number of hydrogen-bond donors (Lipinski definition) is 1. The van der Waals surface area contributed by atoms with Crippen molar-refractivity contribution in [1.29, 1.82) is 0 Å². The number of rotatable bonds is 5. The molecule has 3 saturated heterocycles. The van der Waals surface area contributed by atoms with E-state index in [1.807, 2.05) is 13.0 Å². The molecule has 0 radical (unpaired) electrons. The van der Waals surface area contributed by atoms with Crippen LogP contribution in [0, 0.1) is 24.6 Å². The highest BCUT2D eigenvalue weighted by atomic mass is 19.1. The number of benzene rings is 1. The molecule has 2 bridgehead atoms. The van der Waals surface area contributed by atoms with Crippen LogP contribution in [-0.2, 0) is 11.3 Å². The Kier molecular flexibility index (Phi) is 4.29. The third-order valence-corrected chi connectivity index (χ3v) is 6.80. The summed E-state index contributed by atoms with van der Waals surface area (Å²) in [5.41, 5.74) is 2.04. The van der Waals surface area contributed by atoms with E-state index < -0.39 is 0 Å². The molecule has 3 fully saturated rings. The van der Waals surface area contributed by atoms with Gasteiger partial charge in [0, 0.05) is 38.0 Å². The van der Waals surface area contributed by atoms with Crippen LogP contribution in [0.3, 0.4) is 0 Å². The maximum Gasteiger partial charge on any atom is 0.286 e. The number of ether oxygens (including phenoxy) is 1. The first kappa shape index (κ1) is 17.9. The Morgan fingerprint density at radius 1 is 1.39 bits per heavy atom. The van der Waals surface area contributed by atoms with E-state index in [4.69, 9.17) is 9.15 Å². The zero-order valence-electron chi connectivity index (χ0n) is 16.0. The summed E-state index contributed by atoms with van der Waals surface area (Å²) >= 11 is 0. The standard InChI is InChI=1S/C22H25FN2O3/c1-14-4-5-16(23)9-15(14)11-25-12-18-17(19-6-7-22(18,13-25)28-19)10-24-21(26)20-3-2-8-27-20/h2-5,8-9,17-19H,6-7,10-13H2,1H3,(H,24,26)/t17-,18+,19+,22+/m0/s1. The quantitative estimate of drug-likeness (QED) is 0.861. The average Bonchev–Trinajstić information content (AvgIpc) is 3.43. The van der Waals surface area contributed by atoms with E-state index >= 15 is 0 Å². The number of nitrogens with zero attached hydrogens (tertiary/aromatic N) is 1. The first-order chi connectivity index (χ1) is 13.5. The van der Waals surface area contributed by atoms with Gasteiger partial charge in [-0.3, -0.25) is 9.69 Å². The summed E-state index contributed by atoms with van der Waals surface area (Å²) in [6.45, 7) is 5.17. The van der Waals surface area contributed by atoms with Crippen molar-refractivity contribution in [2.24, 2.45) is 11.8 Å². The van der Waals surface area contributed by atoms with Crippen LogP contribution in [0.1, 0.15) is 34.5 Å². The van der Waals surface area contributed by atoms with E-state index in [9.17, 15) is 9.18 Å². The predicted octanol–water partition coefficient (Wildman–Crippen LogP) is 3.14. The summed E-state index contributed by atoms with van der Waals surface area (Å²) in [5.74, 6) is 0.692. The van der Waals surface area contributed by atoms with Gasteiger partial charge in [0.05, 0.1) is 18.0 Å². The highest BCUT2D eigenvalue weighted by Crippen LogP contribution is 2.54. The number of carbonyl (C=O) groups excluding carboxylic acids is 1. The number of aryl methyl sites for hydroxylation is 1. The smallest absolute Gasteiger partial charge is 0.286 e. The lowest BCUT2D eigenvalue weighted by Gasteiger charge is -2.29. The molecule has 1 aromatic heterocycles. The van der Waals surface area contributed by atoms with Crippen LogP contribution in [0.4, 0.5) is 4.39 Å². The number of nitrogens with one attached hydrogen (secondary N) is 1. The fraction of sp³-hybridized carbons (Fsp3) is 0.500. The summed E-state index contributed by atoms with van der Waals surface area (Å²) in [7, 11) is 0. The Bertz CT molecular complexity index is 884. The lowest BCUT2D eigenvalue weighted by atomic mass is 9.73. The van der Waals surface area contributed by atoms with Crippen molar-refractivity contribution >= 4 is 5.91 Å². The molecule has 1 aromatic carbocycles. The number of carbonyl (C=O) groups is 1. The van der Waals surface area contributed by atoms with Gasteiger partial charge < -0.3 is 14.5 Å². The van der Waals surface area contributed by atoms with Crippen LogP contribution in [0.25, 0.3) is 0 Å². The SMILES string of the molecule is Cc1ccc(F)cc1CN1C[C@@H]2[C@H](CNC(=O)c3ccco3)[C@H]3CC[C@]2(C1)O3. The molecule has 6 heteroatoms. The van der Waals surface area contributed by atoms with Crippen LogP contribution in [0.5, 0.6) is 0 Å². The lowest BCUT2D eigenvalue weighted by molar-refractivity contribution is 0.00210.